The molecule has 0 aliphatic heterocycles. The molecule has 16 heavy (non-hydrogen) atoms. The number of benzene rings is 1. The first-order valence-electron chi connectivity index (χ1n) is 5.34. The fourth-order valence-corrected chi connectivity index (χ4v) is 2.43. The van der Waals surface area contributed by atoms with Crippen LogP contribution in [0.4, 0.5) is 0 Å². The van der Waals surface area contributed by atoms with Gasteiger partial charge in [-0.25, -0.2) is 0 Å². The number of hydrogen-bond acceptors (Lipinski definition) is 3. The van der Waals surface area contributed by atoms with Gasteiger partial charge in [-0.15, -0.1) is 10.2 Å². The summed E-state index contributed by atoms with van der Waals surface area (Å²) in [4.78, 5) is 0. The Morgan fingerprint density at radius 1 is 1.19 bits per heavy atom. The molecule has 1 aromatic heterocycles. The molecular formula is C12H11ClN2O. The monoisotopic (exact) mass is 234 g/mol. The van der Waals surface area contributed by atoms with E-state index in [4.69, 9.17) is 16.0 Å². The number of rotatable bonds is 2. The summed E-state index contributed by atoms with van der Waals surface area (Å²) in [5, 5.41) is 8.58. The van der Waals surface area contributed by atoms with Crippen LogP contribution in [-0.2, 0) is 5.41 Å². The minimum Gasteiger partial charge on any atom is -0.427 e. The Labute approximate surface area is 98.4 Å². The maximum atomic E-state index is 5.90. The molecule has 0 radical (unpaired) electrons. The molecule has 1 aliphatic rings. The van der Waals surface area contributed by atoms with Crippen LogP contribution < -0.4 is 0 Å². The largest absolute Gasteiger partial charge is 0.427 e. The van der Waals surface area contributed by atoms with Crippen molar-refractivity contribution in [2.24, 2.45) is 0 Å². The smallest absolute Gasteiger partial charge is 0.226 e. The Bertz CT molecular complexity index is 474. The summed E-state index contributed by atoms with van der Waals surface area (Å²) >= 11 is 5.90. The molecule has 1 fully saturated rings. The van der Waals surface area contributed by atoms with Gasteiger partial charge in [0.05, 0.1) is 5.41 Å². The minimum absolute atomic E-state index is 0.0684. The zero-order chi connectivity index (χ0) is 11.0. The molecule has 0 spiro atoms. The first-order chi connectivity index (χ1) is 7.81. The summed E-state index contributed by atoms with van der Waals surface area (Å²) in [6.07, 6.45) is 4.73. The van der Waals surface area contributed by atoms with E-state index in [0.29, 0.717) is 0 Å². The lowest BCUT2D eigenvalue weighted by molar-refractivity contribution is 0.239. The molecule has 0 bridgehead atoms. The Kier molecular flexibility index (Phi) is 2.21. The van der Waals surface area contributed by atoms with Crippen LogP contribution in [0, 0.1) is 0 Å². The van der Waals surface area contributed by atoms with Gasteiger partial charge in [-0.05, 0) is 30.5 Å². The molecule has 3 nitrogen and oxygen atoms in total. The van der Waals surface area contributed by atoms with Crippen LogP contribution in [0.5, 0.6) is 0 Å². The van der Waals surface area contributed by atoms with Crippen molar-refractivity contribution in [1.82, 2.24) is 10.2 Å². The Balaban J connectivity index is 2.05. The van der Waals surface area contributed by atoms with Crippen molar-refractivity contribution in [1.29, 1.82) is 0 Å². The maximum absolute atomic E-state index is 5.90. The van der Waals surface area contributed by atoms with E-state index in [9.17, 15) is 0 Å². The lowest BCUT2D eigenvalue weighted by Gasteiger charge is -2.39. The second-order valence-corrected chi connectivity index (χ2v) is 4.62. The number of halogens is 1. The molecule has 0 atom stereocenters. The van der Waals surface area contributed by atoms with Gasteiger partial charge in [-0.1, -0.05) is 30.2 Å². The van der Waals surface area contributed by atoms with Crippen LogP contribution in [0.25, 0.3) is 0 Å². The van der Waals surface area contributed by atoms with Crippen LogP contribution in [0.2, 0.25) is 5.02 Å². The second-order valence-electron chi connectivity index (χ2n) is 4.19. The highest BCUT2D eigenvalue weighted by Crippen LogP contribution is 2.48. The summed E-state index contributed by atoms with van der Waals surface area (Å²) in [5.74, 6) is 0.723. The lowest BCUT2D eigenvalue weighted by Crippen LogP contribution is -2.35. The van der Waals surface area contributed by atoms with Crippen molar-refractivity contribution >= 4 is 11.6 Å². The highest BCUT2D eigenvalue weighted by atomic mass is 35.5. The molecule has 0 saturated heterocycles. The highest BCUT2D eigenvalue weighted by Gasteiger charge is 2.44. The quantitative estimate of drug-likeness (QED) is 0.801. The van der Waals surface area contributed by atoms with E-state index in [1.54, 1.807) is 0 Å². The average Bonchev–Trinajstić information content (AvgIpc) is 2.73. The van der Waals surface area contributed by atoms with Gasteiger partial charge in [-0.2, -0.15) is 0 Å². The van der Waals surface area contributed by atoms with Gasteiger partial charge < -0.3 is 4.42 Å². The van der Waals surface area contributed by atoms with Gasteiger partial charge in [0.1, 0.15) is 0 Å². The molecule has 0 N–H and O–H groups in total. The van der Waals surface area contributed by atoms with Crippen LogP contribution in [0.15, 0.2) is 35.1 Å². The van der Waals surface area contributed by atoms with Crippen LogP contribution in [0.3, 0.4) is 0 Å². The molecule has 1 aromatic carbocycles. The molecular weight excluding hydrogens is 224 g/mol. The van der Waals surface area contributed by atoms with Gasteiger partial charge >= 0.3 is 0 Å². The molecule has 4 heteroatoms. The summed E-state index contributed by atoms with van der Waals surface area (Å²) in [7, 11) is 0. The van der Waals surface area contributed by atoms with Crippen molar-refractivity contribution < 1.29 is 4.42 Å². The number of hydrogen-bond donors (Lipinski definition) is 0. The molecule has 1 saturated carbocycles. The van der Waals surface area contributed by atoms with Gasteiger partial charge in [0.25, 0.3) is 0 Å². The second kappa shape index (κ2) is 3.59. The standard InChI is InChI=1S/C12H11ClN2O/c13-10-4-2-9(3-5-10)12(6-1-7-12)11-15-14-8-16-11/h2-5,8H,1,6-7H2. The maximum Gasteiger partial charge on any atom is 0.226 e. The number of nitrogens with zero attached hydrogens (tertiary/aromatic N) is 2. The number of aromatic nitrogens is 2. The fraction of sp³-hybridized carbons (Fsp3) is 0.333. The molecule has 0 unspecified atom stereocenters. The van der Waals surface area contributed by atoms with Crippen molar-refractivity contribution in [3.8, 4) is 0 Å². The molecule has 1 heterocycles. The van der Waals surface area contributed by atoms with E-state index in [-0.39, 0.29) is 5.41 Å². The van der Waals surface area contributed by atoms with E-state index in [2.05, 4.69) is 10.2 Å². The highest BCUT2D eigenvalue weighted by molar-refractivity contribution is 6.30. The van der Waals surface area contributed by atoms with Crippen molar-refractivity contribution in [3.05, 3.63) is 47.1 Å². The molecule has 82 valence electrons. The van der Waals surface area contributed by atoms with Crippen LogP contribution in [0.1, 0.15) is 30.7 Å². The van der Waals surface area contributed by atoms with Crippen LogP contribution in [-0.4, -0.2) is 10.2 Å². The lowest BCUT2D eigenvalue weighted by atomic mass is 9.64. The zero-order valence-corrected chi connectivity index (χ0v) is 9.44. The van der Waals surface area contributed by atoms with Gasteiger partial charge in [0.15, 0.2) is 0 Å². The minimum atomic E-state index is -0.0684. The topological polar surface area (TPSA) is 38.9 Å². The third-order valence-electron chi connectivity index (χ3n) is 3.37. The molecule has 1 aliphatic carbocycles. The Morgan fingerprint density at radius 3 is 2.44 bits per heavy atom. The zero-order valence-electron chi connectivity index (χ0n) is 8.69. The first-order valence-corrected chi connectivity index (χ1v) is 5.72. The van der Waals surface area contributed by atoms with Crippen LogP contribution >= 0.6 is 11.6 Å². The van der Waals surface area contributed by atoms with E-state index in [1.807, 2.05) is 24.3 Å². The first kappa shape index (κ1) is 9.85. The SMILES string of the molecule is Clc1ccc(C2(c3nnco3)CCC2)cc1. The third kappa shape index (κ3) is 1.35. The average molecular weight is 235 g/mol. The Hall–Kier alpha value is -1.35. The summed E-state index contributed by atoms with van der Waals surface area (Å²) in [5.41, 5.74) is 1.15. The molecule has 3 rings (SSSR count). The normalized spacial score (nSPS) is 18.1. The van der Waals surface area contributed by atoms with E-state index < -0.39 is 0 Å². The summed E-state index contributed by atoms with van der Waals surface area (Å²) < 4.78 is 5.37. The Morgan fingerprint density at radius 2 is 1.94 bits per heavy atom. The van der Waals surface area contributed by atoms with E-state index in [0.717, 1.165) is 23.8 Å². The predicted molar refractivity (Wildman–Crippen MR) is 60.4 cm³/mol. The van der Waals surface area contributed by atoms with E-state index in [1.165, 1.54) is 18.4 Å². The fourth-order valence-electron chi connectivity index (χ4n) is 2.31. The molecule has 2 aromatic rings. The van der Waals surface area contributed by atoms with Crippen molar-refractivity contribution in [3.63, 3.8) is 0 Å². The summed E-state index contributed by atoms with van der Waals surface area (Å²) in [6.45, 7) is 0. The predicted octanol–water partition coefficient (Wildman–Crippen LogP) is 3.19. The van der Waals surface area contributed by atoms with Crippen molar-refractivity contribution in [2.75, 3.05) is 0 Å². The van der Waals surface area contributed by atoms with E-state index >= 15 is 0 Å². The van der Waals surface area contributed by atoms with Crippen molar-refractivity contribution in [2.45, 2.75) is 24.7 Å². The summed E-state index contributed by atoms with van der Waals surface area (Å²) in [6, 6.07) is 7.91. The third-order valence-corrected chi connectivity index (χ3v) is 3.63. The van der Waals surface area contributed by atoms with Gasteiger partial charge in [-0.3, -0.25) is 0 Å². The van der Waals surface area contributed by atoms with Gasteiger partial charge in [0.2, 0.25) is 12.3 Å². The van der Waals surface area contributed by atoms with Gasteiger partial charge in [0, 0.05) is 5.02 Å². The molecule has 0 amide bonds.